The first-order chi connectivity index (χ1) is 8.85. The van der Waals surface area contributed by atoms with Crippen molar-refractivity contribution in [2.24, 2.45) is 5.92 Å². The monoisotopic (exact) mass is 250 g/mol. The Kier molecular flexibility index (Phi) is 3.61. The maximum atomic E-state index is 5.39. The molecule has 2 atom stereocenters. The zero-order valence-electron chi connectivity index (χ0n) is 11.1. The van der Waals surface area contributed by atoms with E-state index >= 15 is 0 Å². The molecule has 1 N–H and O–H groups in total. The van der Waals surface area contributed by atoms with Gasteiger partial charge in [-0.25, -0.2) is 0 Å². The molecule has 1 aromatic rings. The molecule has 2 saturated heterocycles. The van der Waals surface area contributed by atoms with Gasteiger partial charge in [-0.2, -0.15) is 4.98 Å². The molecule has 0 saturated carbocycles. The number of likely N-dealkylation sites (tertiary alicyclic amines) is 1. The Morgan fingerprint density at radius 2 is 2.39 bits per heavy atom. The molecule has 2 unspecified atom stereocenters. The van der Waals surface area contributed by atoms with Crippen LogP contribution < -0.4 is 5.32 Å². The predicted octanol–water partition coefficient (Wildman–Crippen LogP) is 1.38. The minimum atomic E-state index is 0.318. The van der Waals surface area contributed by atoms with Crippen molar-refractivity contribution in [3.05, 3.63) is 11.7 Å². The average Bonchev–Trinajstić information content (AvgIpc) is 3.10. The van der Waals surface area contributed by atoms with Gasteiger partial charge in [0.1, 0.15) is 0 Å². The van der Waals surface area contributed by atoms with E-state index in [1.165, 1.54) is 25.9 Å². The number of nitrogens with one attached hydrogen (secondary N) is 1. The summed E-state index contributed by atoms with van der Waals surface area (Å²) in [5.74, 6) is 2.37. The summed E-state index contributed by atoms with van der Waals surface area (Å²) in [5, 5.41) is 7.52. The fourth-order valence-electron chi connectivity index (χ4n) is 3.01. The van der Waals surface area contributed by atoms with Gasteiger partial charge in [0.05, 0.1) is 6.04 Å². The highest BCUT2D eigenvalue weighted by Crippen LogP contribution is 2.23. The third kappa shape index (κ3) is 2.57. The van der Waals surface area contributed by atoms with Crippen molar-refractivity contribution in [3.8, 4) is 0 Å². The third-order valence-corrected chi connectivity index (χ3v) is 4.14. The molecule has 1 aromatic heterocycles. The summed E-state index contributed by atoms with van der Waals surface area (Å²) >= 11 is 0. The van der Waals surface area contributed by atoms with Gasteiger partial charge in [0.2, 0.25) is 5.89 Å². The van der Waals surface area contributed by atoms with Crippen LogP contribution in [0.1, 0.15) is 43.9 Å². The molecule has 3 heterocycles. The van der Waals surface area contributed by atoms with Crippen LogP contribution in [0.3, 0.4) is 0 Å². The lowest BCUT2D eigenvalue weighted by atomic mass is 10.1. The normalized spacial score (nSPS) is 29.2. The summed E-state index contributed by atoms with van der Waals surface area (Å²) < 4.78 is 5.39. The summed E-state index contributed by atoms with van der Waals surface area (Å²) in [6.45, 7) is 6.83. The smallest absolute Gasteiger partial charge is 0.227 e. The van der Waals surface area contributed by atoms with Crippen molar-refractivity contribution >= 4 is 0 Å². The van der Waals surface area contributed by atoms with Crippen molar-refractivity contribution in [2.75, 3.05) is 26.2 Å². The first kappa shape index (κ1) is 12.1. The number of hydrogen-bond donors (Lipinski definition) is 1. The van der Waals surface area contributed by atoms with Crippen LogP contribution in [0.2, 0.25) is 0 Å². The standard InChI is InChI=1S/C13H22N4O/c1-2-17-7-5-10(9-17)8-12-15-13(16-18-12)11-4-3-6-14-11/h10-11,14H,2-9H2,1H3. The summed E-state index contributed by atoms with van der Waals surface area (Å²) in [7, 11) is 0. The molecule has 0 spiro atoms. The first-order valence-corrected chi connectivity index (χ1v) is 7.13. The van der Waals surface area contributed by atoms with Gasteiger partial charge in [0.25, 0.3) is 0 Å². The SMILES string of the molecule is CCN1CCC(Cc2nc(C3CCCN3)no2)C1. The van der Waals surface area contributed by atoms with Crippen LogP contribution in [0.5, 0.6) is 0 Å². The summed E-state index contributed by atoms with van der Waals surface area (Å²) in [4.78, 5) is 7.03. The lowest BCUT2D eigenvalue weighted by Gasteiger charge is -2.11. The molecular weight excluding hydrogens is 228 g/mol. The molecule has 18 heavy (non-hydrogen) atoms. The summed E-state index contributed by atoms with van der Waals surface area (Å²) in [6.07, 6.45) is 4.54. The fourth-order valence-corrected chi connectivity index (χ4v) is 3.01. The van der Waals surface area contributed by atoms with Crippen molar-refractivity contribution in [2.45, 2.75) is 38.6 Å². The molecule has 0 aromatic carbocycles. The van der Waals surface area contributed by atoms with E-state index < -0.39 is 0 Å². The van der Waals surface area contributed by atoms with Crippen LogP contribution in [0.15, 0.2) is 4.52 Å². The zero-order valence-corrected chi connectivity index (χ0v) is 11.1. The van der Waals surface area contributed by atoms with Crippen LogP contribution in [0.4, 0.5) is 0 Å². The second-order valence-corrected chi connectivity index (χ2v) is 5.45. The highest BCUT2D eigenvalue weighted by atomic mass is 16.5. The Morgan fingerprint density at radius 3 is 3.11 bits per heavy atom. The van der Waals surface area contributed by atoms with Crippen LogP contribution in [-0.2, 0) is 6.42 Å². The van der Waals surface area contributed by atoms with Gasteiger partial charge in [0.15, 0.2) is 5.82 Å². The average molecular weight is 250 g/mol. The van der Waals surface area contributed by atoms with E-state index in [-0.39, 0.29) is 0 Å². The first-order valence-electron chi connectivity index (χ1n) is 7.13. The van der Waals surface area contributed by atoms with Gasteiger partial charge in [-0.15, -0.1) is 0 Å². The molecule has 2 fully saturated rings. The number of nitrogens with zero attached hydrogens (tertiary/aromatic N) is 3. The quantitative estimate of drug-likeness (QED) is 0.875. The van der Waals surface area contributed by atoms with Gasteiger partial charge < -0.3 is 14.7 Å². The molecule has 0 amide bonds. The van der Waals surface area contributed by atoms with Crippen molar-refractivity contribution in [1.29, 1.82) is 0 Å². The van der Waals surface area contributed by atoms with Gasteiger partial charge in [-0.3, -0.25) is 0 Å². The minimum absolute atomic E-state index is 0.318. The predicted molar refractivity (Wildman–Crippen MR) is 68.2 cm³/mol. The lowest BCUT2D eigenvalue weighted by Crippen LogP contribution is -2.20. The van der Waals surface area contributed by atoms with Gasteiger partial charge in [0, 0.05) is 13.0 Å². The van der Waals surface area contributed by atoms with Gasteiger partial charge >= 0.3 is 0 Å². The molecule has 2 aliphatic rings. The van der Waals surface area contributed by atoms with Crippen molar-refractivity contribution < 1.29 is 4.52 Å². The maximum absolute atomic E-state index is 5.39. The zero-order chi connectivity index (χ0) is 12.4. The summed E-state index contributed by atoms with van der Waals surface area (Å²) in [5.41, 5.74) is 0. The molecule has 0 radical (unpaired) electrons. The molecular formula is C13H22N4O. The van der Waals surface area contributed by atoms with Gasteiger partial charge in [-0.05, 0) is 44.8 Å². The molecule has 5 nitrogen and oxygen atoms in total. The second kappa shape index (κ2) is 5.36. The Hall–Kier alpha value is -0.940. The van der Waals surface area contributed by atoms with Crippen LogP contribution >= 0.6 is 0 Å². The van der Waals surface area contributed by atoms with E-state index in [1.807, 2.05) is 0 Å². The Bertz CT molecular complexity index is 386. The van der Waals surface area contributed by atoms with Gasteiger partial charge in [-0.1, -0.05) is 12.1 Å². The minimum Gasteiger partial charge on any atom is -0.339 e. The highest BCUT2D eigenvalue weighted by molar-refractivity contribution is 4.97. The van der Waals surface area contributed by atoms with E-state index in [0.29, 0.717) is 12.0 Å². The second-order valence-electron chi connectivity index (χ2n) is 5.45. The van der Waals surface area contributed by atoms with E-state index in [1.54, 1.807) is 0 Å². The van der Waals surface area contributed by atoms with E-state index in [9.17, 15) is 0 Å². The molecule has 5 heteroatoms. The lowest BCUT2D eigenvalue weighted by molar-refractivity contribution is 0.321. The molecule has 0 bridgehead atoms. The van der Waals surface area contributed by atoms with Crippen LogP contribution in [0, 0.1) is 5.92 Å². The van der Waals surface area contributed by atoms with E-state index in [4.69, 9.17) is 4.52 Å². The van der Waals surface area contributed by atoms with Crippen LogP contribution in [-0.4, -0.2) is 41.2 Å². The van der Waals surface area contributed by atoms with E-state index in [0.717, 1.165) is 37.6 Å². The Labute approximate surface area is 108 Å². The molecule has 0 aliphatic carbocycles. The third-order valence-electron chi connectivity index (χ3n) is 4.14. The number of aromatic nitrogens is 2. The maximum Gasteiger partial charge on any atom is 0.227 e. The largest absolute Gasteiger partial charge is 0.339 e. The summed E-state index contributed by atoms with van der Waals surface area (Å²) in [6, 6.07) is 0.318. The van der Waals surface area contributed by atoms with Crippen LogP contribution in [0.25, 0.3) is 0 Å². The van der Waals surface area contributed by atoms with Crippen molar-refractivity contribution in [3.63, 3.8) is 0 Å². The number of rotatable bonds is 4. The fraction of sp³-hybridized carbons (Fsp3) is 0.846. The Morgan fingerprint density at radius 1 is 1.44 bits per heavy atom. The molecule has 100 valence electrons. The Balaban J connectivity index is 1.57. The number of hydrogen-bond acceptors (Lipinski definition) is 5. The molecule has 3 rings (SSSR count). The van der Waals surface area contributed by atoms with Crippen molar-refractivity contribution in [1.82, 2.24) is 20.4 Å². The highest BCUT2D eigenvalue weighted by Gasteiger charge is 2.25. The molecule has 2 aliphatic heterocycles. The topological polar surface area (TPSA) is 54.2 Å². The van der Waals surface area contributed by atoms with E-state index in [2.05, 4.69) is 27.3 Å².